The number of fused-ring (bicyclic) bond motifs is 7. The summed E-state index contributed by atoms with van der Waals surface area (Å²) in [5.41, 5.74) is 35.0. The number of hydrogen-bond donors (Lipinski definition) is 10. The van der Waals surface area contributed by atoms with Gasteiger partial charge < -0.3 is 82.0 Å². The number of aliphatic hydroxyl groups is 2. The van der Waals surface area contributed by atoms with E-state index < -0.39 is 68.1 Å². The summed E-state index contributed by atoms with van der Waals surface area (Å²) in [5.74, 6) is -0.662. The van der Waals surface area contributed by atoms with Crippen molar-refractivity contribution < 1.29 is 105 Å². The Morgan fingerprint density at radius 2 is 0.899 bits per heavy atom. The van der Waals surface area contributed by atoms with Gasteiger partial charge in [0.2, 0.25) is 23.6 Å². The number of nitrogens with two attached hydrogens (primary N) is 4. The van der Waals surface area contributed by atoms with E-state index in [1.54, 1.807) is 34.1 Å². The molecule has 3 fully saturated rings. The van der Waals surface area contributed by atoms with E-state index in [2.05, 4.69) is 103 Å². The fraction of sp³-hybridized carbons (Fsp3) is 0.475. The summed E-state index contributed by atoms with van der Waals surface area (Å²) in [6.45, 7) is 24.1. The van der Waals surface area contributed by atoms with Gasteiger partial charge in [-0.25, -0.2) is 4.79 Å². The molecule has 0 aromatic heterocycles. The number of ether oxygens (including phenoxy) is 5. The van der Waals surface area contributed by atoms with Gasteiger partial charge in [-0.15, -0.1) is 0 Å². The largest absolute Gasteiger partial charge is 0.489 e. The normalized spacial score (nSPS) is 21.6. The lowest BCUT2D eigenvalue weighted by atomic mass is 10.0. The highest BCUT2D eigenvalue weighted by atomic mass is 79.9. The third kappa shape index (κ3) is 31.1. The number of hydrogen-bond acceptors (Lipinski definition) is 24. The van der Waals surface area contributed by atoms with E-state index in [9.17, 15) is 66.6 Å². The molecule has 6 heterocycles. The summed E-state index contributed by atoms with van der Waals surface area (Å²) in [4.78, 5) is 140. The molecular formula is C101H142BrN11O22SSi2. The van der Waals surface area contributed by atoms with Gasteiger partial charge in [-0.2, -0.15) is 8.42 Å². The third-order valence-electron chi connectivity index (χ3n) is 24.1. The second-order valence-electron chi connectivity index (χ2n) is 37.8. The van der Waals surface area contributed by atoms with Crippen LogP contribution in [-0.4, -0.2) is 229 Å². The van der Waals surface area contributed by atoms with Crippen LogP contribution in [0.25, 0.3) is 0 Å². The smallest absolute Gasteiger partial charge is 0.408 e. The third-order valence-corrected chi connectivity index (χ3v) is 28.0. The molecule has 3 saturated heterocycles. The summed E-state index contributed by atoms with van der Waals surface area (Å²) >= 11 is 3.42. The highest BCUT2D eigenvalue weighted by Gasteiger charge is 2.47. The Morgan fingerprint density at radius 1 is 0.529 bits per heavy atom. The van der Waals surface area contributed by atoms with Crippen molar-refractivity contribution in [3.05, 3.63) is 234 Å². The number of carbonyl (C=O) groups excluding carboxylic acids is 10. The molecule has 6 aliphatic heterocycles. The monoisotopic (exact) mass is 2030 g/mol. The summed E-state index contributed by atoms with van der Waals surface area (Å²) < 4.78 is 55.8. The minimum Gasteiger partial charge on any atom is -0.489 e. The van der Waals surface area contributed by atoms with Crippen LogP contribution in [0, 0.1) is 0 Å². The Morgan fingerprint density at radius 3 is 1.32 bits per heavy atom. The van der Waals surface area contributed by atoms with Gasteiger partial charge in [0.1, 0.15) is 60.9 Å². The number of benzene rings is 7. The lowest BCUT2D eigenvalue weighted by Gasteiger charge is -2.35. The first-order valence-electron chi connectivity index (χ1n) is 44.9. The van der Waals surface area contributed by atoms with Crippen molar-refractivity contribution in [1.82, 2.24) is 35.1 Å². The molecule has 0 bridgehead atoms. The van der Waals surface area contributed by atoms with E-state index in [1.165, 1.54) is 37.0 Å². The van der Waals surface area contributed by atoms with Gasteiger partial charge in [0.25, 0.3) is 46.1 Å². The number of carbonyl (C=O) groups is 11. The van der Waals surface area contributed by atoms with Crippen LogP contribution < -0.4 is 43.0 Å². The second-order valence-corrected chi connectivity index (χ2v) is 51.4. The number of likely N-dealkylation sites (tertiary alicyclic amines) is 2. The molecule has 11 atom stereocenters. The molecule has 14 N–H and O–H groups in total. The summed E-state index contributed by atoms with van der Waals surface area (Å²) in [5, 5.41) is 31.3. The molecule has 7 aromatic carbocycles. The summed E-state index contributed by atoms with van der Waals surface area (Å²) in [6.07, 6.45) is 3.78. The number of aliphatic hydroxyl groups excluding tert-OH is 2. The molecule has 138 heavy (non-hydrogen) atoms. The Kier molecular flexibility index (Phi) is 43.2. The fourth-order valence-corrected chi connectivity index (χ4v) is 19.1. The molecule has 17 rings (SSSR count). The highest BCUT2D eigenvalue weighted by molar-refractivity contribution is 9.10. The van der Waals surface area contributed by atoms with Crippen LogP contribution in [0.1, 0.15) is 212 Å². The van der Waals surface area contributed by atoms with Gasteiger partial charge in [0.15, 0.2) is 0 Å². The average Bonchev–Trinajstić information content (AvgIpc) is 1.63. The Hall–Kier alpha value is -10.8. The number of piperidine rings is 3. The summed E-state index contributed by atoms with van der Waals surface area (Å²) in [7, 11) is -6.17. The number of imide groups is 3. The molecule has 7 aromatic rings. The molecule has 10 aliphatic rings. The van der Waals surface area contributed by atoms with E-state index in [4.69, 9.17) is 61.1 Å². The molecule has 4 aliphatic carbocycles. The van der Waals surface area contributed by atoms with Gasteiger partial charge in [0.05, 0.1) is 36.6 Å². The first kappa shape index (κ1) is 116. The average molecular weight is 2030 g/mol. The number of alkyl carbamates (subject to hydrolysis) is 1. The van der Waals surface area contributed by atoms with Crippen molar-refractivity contribution in [1.29, 1.82) is 0 Å². The van der Waals surface area contributed by atoms with Crippen LogP contribution in [0.3, 0.4) is 0 Å². The predicted molar refractivity (Wildman–Crippen MR) is 538 cm³/mol. The van der Waals surface area contributed by atoms with E-state index >= 15 is 0 Å². The number of amides is 10. The molecule has 33 nitrogen and oxygen atoms in total. The Balaban J connectivity index is 0.000000264. The predicted octanol–water partition coefficient (Wildman–Crippen LogP) is 12.7. The first-order chi connectivity index (χ1) is 63.3. The Labute approximate surface area is 822 Å². The van der Waals surface area contributed by atoms with Crippen LogP contribution in [-0.2, 0) is 103 Å². The quantitative estimate of drug-likeness (QED) is 0.0118. The van der Waals surface area contributed by atoms with Crippen molar-refractivity contribution in [2.75, 3.05) is 46.0 Å². The van der Waals surface area contributed by atoms with Crippen molar-refractivity contribution in [2.45, 2.75) is 265 Å². The van der Waals surface area contributed by atoms with E-state index in [1.807, 2.05) is 118 Å². The molecular weight excluding hydrogens is 1890 g/mol. The standard InChI is InChI=1S/C29H36N2O5Si.C22H21N3O4.C19H25BrN2O4Si.C14H19NO3.C9H11NO.C2H8N2.CH4O3S.CH2O2.4CH4/c1-19-23-8-6-5-7-20(23)16-26(19)36-22-9-10-24-21(15-22)17-30(28(24)33)25-11-12-27(32)31(29(25)34)18-35-13-14-37(2,3)4;23-20-15-4-2-1-3-12(15)10-18(20)29-14-5-6-16-13(9-14)11-25(22(16)28)17-7-8-19(26)24-21(17)27;1-27(2,3)9-8-26-12-22-17(23)7-6-16(19(22)25)21-11-13-10-14(20)4-5-15(13)18(21)24;1-14(2,3)18-13(17)15-12-10-7-5-4-6-9(10)8-11(12)16;10-9-7-4-2-1-3-6(7)5-8(9)11;3-1-2-4;1-5(2,3)4;2-1-3;;;;/h5-10,15,19,25-26H,11-14,16-18H2,1-4H3;1-6,9,17-18,20H,7-8,10-11,23H2,(H,24,26,27);4-5,10,16H,6-9,11-12H2,1-3H3;4-7,11-12,16H,8H2,1-3H3,(H,15,17);1-4,8-9,11H,5,10H2;1-4H2;1H3,(H,2,3,4);1H,(H,2,3);4*1H4/t19-,25?,26?;17?,18-,20-;;11-,12-;8-,9-;;;;;;;/m00.00......./s1. The molecule has 4 unspecified atom stereocenters. The number of rotatable bonds is 19. The minimum absolute atomic E-state index is 0. The van der Waals surface area contributed by atoms with E-state index in [0.717, 1.165) is 74.1 Å². The molecule has 0 radical (unpaired) electrons. The topological polar surface area (TPSA) is 493 Å². The van der Waals surface area contributed by atoms with Crippen molar-refractivity contribution in [3.63, 3.8) is 0 Å². The first-order valence-corrected chi connectivity index (χ1v) is 54.9. The van der Waals surface area contributed by atoms with E-state index in [0.29, 0.717) is 113 Å². The van der Waals surface area contributed by atoms with E-state index in [-0.39, 0.29) is 153 Å². The molecule has 0 saturated carbocycles. The molecule has 0 spiro atoms. The molecule has 37 heteroatoms. The second kappa shape index (κ2) is 51.4. The zero-order valence-electron chi connectivity index (χ0n) is 77.7. The number of nitrogens with zero attached hydrogens (tertiary/aromatic N) is 5. The van der Waals surface area contributed by atoms with Crippen LogP contribution in [0.4, 0.5) is 4.79 Å². The van der Waals surface area contributed by atoms with Gasteiger partial charge in [-0.3, -0.25) is 67.6 Å². The van der Waals surface area contributed by atoms with Crippen LogP contribution >= 0.6 is 15.9 Å². The van der Waals surface area contributed by atoms with Gasteiger partial charge in [-0.05, 0) is 168 Å². The zero-order valence-corrected chi connectivity index (χ0v) is 82.1. The van der Waals surface area contributed by atoms with Crippen LogP contribution in [0.2, 0.25) is 51.4 Å². The Bertz CT molecular complexity index is 5530. The van der Waals surface area contributed by atoms with Gasteiger partial charge in [0, 0.05) is 134 Å². The van der Waals surface area contributed by atoms with Crippen molar-refractivity contribution >= 4 is 108 Å². The number of nitrogens with one attached hydrogen (secondary N) is 2. The lowest BCUT2D eigenvalue weighted by Crippen LogP contribution is -2.55. The van der Waals surface area contributed by atoms with Crippen LogP contribution in [0.15, 0.2) is 156 Å². The SMILES string of the molecule is C.C.C.C.CC(C)(C)OC(=O)N[C@H]1c2ccccc2C[C@@H]1O.CS(=O)(=O)O.C[C@H]1c2ccccc2CC1Oc1ccc2c(c1)CN(C1CCC(=O)N(COCC[Si](C)(C)C)C1=O)C2=O.C[Si](C)(C)CCOCN1C(=O)CCC(N2Cc3cc(Br)ccc3C2=O)C1=O.NCCN.N[C@H]1c2ccccc2C[C@@H]1O.N[C@H]1c2ccccc2C[C@@H]1Oc1ccc2c(c1)CN(C1CCC(=O)NC1=O)C2=O.O=CO. The van der Waals surface area contributed by atoms with Gasteiger partial charge >= 0.3 is 6.09 Å². The maximum Gasteiger partial charge on any atom is 0.408 e. The number of carboxylic acid groups (broad SMARTS) is 1. The zero-order chi connectivity index (χ0) is 98.0. The maximum atomic E-state index is 13.3. The minimum atomic E-state index is -3.67. The maximum absolute atomic E-state index is 13.3. The summed E-state index contributed by atoms with van der Waals surface area (Å²) in [6, 6.07) is 47.9. The van der Waals surface area contributed by atoms with Crippen molar-refractivity contribution in [3.8, 4) is 11.5 Å². The van der Waals surface area contributed by atoms with Crippen LogP contribution in [0.5, 0.6) is 11.5 Å². The molecule has 754 valence electrons. The fourth-order valence-electron chi connectivity index (χ4n) is 17.1. The number of halogens is 1. The molecule has 10 amide bonds. The van der Waals surface area contributed by atoms with Gasteiger partial charge in [-0.1, -0.05) is 189 Å². The van der Waals surface area contributed by atoms with Crippen molar-refractivity contribution in [2.24, 2.45) is 22.9 Å². The highest BCUT2D eigenvalue weighted by Crippen LogP contribution is 2.41. The lowest BCUT2D eigenvalue weighted by molar-refractivity contribution is -0.160.